The summed E-state index contributed by atoms with van der Waals surface area (Å²) in [6.45, 7) is 0. The van der Waals surface area contributed by atoms with Crippen LogP contribution in [0.2, 0.25) is 0 Å². The number of rotatable bonds is 3. The molecule has 0 atom stereocenters. The van der Waals surface area contributed by atoms with Crippen LogP contribution in [0.4, 0.5) is 10.3 Å². The summed E-state index contributed by atoms with van der Waals surface area (Å²) >= 11 is 0. The van der Waals surface area contributed by atoms with Gasteiger partial charge in [0.1, 0.15) is 5.49 Å². The van der Waals surface area contributed by atoms with Crippen molar-refractivity contribution in [3.05, 3.63) is 46.6 Å². The molecule has 0 saturated heterocycles. The number of aryl methyl sites for hydroxylation is 1. The molecule has 2 aromatic heterocycles. The molecule has 0 bridgehead atoms. The molecule has 8 heteroatoms. The lowest BCUT2D eigenvalue weighted by molar-refractivity contribution is 0.102. The molecule has 0 aliphatic heterocycles. The Bertz CT molecular complexity index is 811. The second-order valence-electron chi connectivity index (χ2n) is 4.91. The summed E-state index contributed by atoms with van der Waals surface area (Å²) in [4.78, 5) is 19.6. The Balaban J connectivity index is 1.98. The van der Waals surface area contributed by atoms with Crippen molar-refractivity contribution in [3.8, 4) is 0 Å². The molecule has 0 saturated carbocycles. The van der Waals surface area contributed by atoms with Gasteiger partial charge in [0.25, 0.3) is 5.91 Å². The Morgan fingerprint density at radius 2 is 2.09 bits per heavy atom. The molecule has 7 nitrogen and oxygen atoms in total. The second-order valence-corrected chi connectivity index (χ2v) is 4.91. The van der Waals surface area contributed by atoms with Gasteiger partial charge in [0, 0.05) is 5.69 Å². The van der Waals surface area contributed by atoms with E-state index in [1.54, 1.807) is 6.07 Å². The lowest BCUT2D eigenvalue weighted by Crippen LogP contribution is -2.31. The molecule has 1 aliphatic rings. The van der Waals surface area contributed by atoms with E-state index in [-0.39, 0.29) is 17.0 Å². The third-order valence-electron chi connectivity index (χ3n) is 3.56. The number of anilines is 1. The summed E-state index contributed by atoms with van der Waals surface area (Å²) in [6.07, 6.45) is 5.48. The Morgan fingerprint density at radius 3 is 2.77 bits per heavy atom. The van der Waals surface area contributed by atoms with Crippen molar-refractivity contribution < 1.29 is 9.18 Å². The summed E-state index contributed by atoms with van der Waals surface area (Å²) in [5.41, 5.74) is 1.94. The minimum absolute atomic E-state index is 0.0345. The zero-order valence-electron chi connectivity index (χ0n) is 11.6. The molecule has 1 aliphatic carbocycles. The first kappa shape index (κ1) is 14.1. The highest BCUT2D eigenvalue weighted by atomic mass is 19.1. The van der Waals surface area contributed by atoms with Crippen LogP contribution in [-0.4, -0.2) is 26.8 Å². The fourth-order valence-corrected chi connectivity index (χ4v) is 2.55. The monoisotopic (exact) mass is 300 g/mol. The molecule has 0 aromatic carbocycles. The predicted octanol–water partition coefficient (Wildman–Crippen LogP) is 1.09. The van der Waals surface area contributed by atoms with E-state index in [4.69, 9.17) is 10.8 Å². The van der Waals surface area contributed by atoms with E-state index < -0.39 is 11.7 Å². The normalized spacial score (nSPS) is 12.8. The molecule has 3 N–H and O–H groups in total. The van der Waals surface area contributed by atoms with Gasteiger partial charge in [0.05, 0.1) is 24.3 Å². The average molecular weight is 300 g/mol. The number of nitrogens with one attached hydrogen (secondary N) is 3. The first-order valence-electron chi connectivity index (χ1n) is 6.71. The number of carbonyl (C=O) groups is 1. The minimum atomic E-state index is -0.599. The van der Waals surface area contributed by atoms with Crippen molar-refractivity contribution in [3.63, 3.8) is 0 Å². The molecule has 0 radical (unpaired) electrons. The van der Waals surface area contributed by atoms with Gasteiger partial charge in [0.2, 0.25) is 5.95 Å². The van der Waals surface area contributed by atoms with E-state index in [2.05, 4.69) is 15.3 Å². The predicted molar refractivity (Wildman–Crippen MR) is 76.4 cm³/mol. The molecule has 2 aromatic rings. The number of fused-ring (bicyclic) bond motifs is 1. The minimum Gasteiger partial charge on any atom is -0.291 e. The lowest BCUT2D eigenvalue weighted by atomic mass is 10.1. The zero-order chi connectivity index (χ0) is 15.7. The summed E-state index contributed by atoms with van der Waals surface area (Å²) in [6, 6.07) is 1.67. The van der Waals surface area contributed by atoms with Crippen LogP contribution in [0, 0.1) is 16.6 Å². The number of pyridine rings is 1. The number of amides is 1. The van der Waals surface area contributed by atoms with E-state index in [0.717, 1.165) is 49.3 Å². The van der Waals surface area contributed by atoms with E-state index in [1.807, 2.05) is 0 Å². The van der Waals surface area contributed by atoms with Crippen LogP contribution in [-0.2, 0) is 12.8 Å². The van der Waals surface area contributed by atoms with Gasteiger partial charge in [-0.15, -0.1) is 0 Å². The fourth-order valence-electron chi connectivity index (χ4n) is 2.55. The van der Waals surface area contributed by atoms with E-state index in [9.17, 15) is 9.18 Å². The van der Waals surface area contributed by atoms with Gasteiger partial charge in [-0.05, 0) is 30.9 Å². The smallest absolute Gasteiger partial charge is 0.261 e. The Kier molecular flexibility index (Phi) is 3.50. The van der Waals surface area contributed by atoms with Crippen LogP contribution >= 0.6 is 0 Å². The maximum atomic E-state index is 12.8. The maximum absolute atomic E-state index is 12.8. The van der Waals surface area contributed by atoms with Gasteiger partial charge in [-0.25, -0.2) is 14.4 Å². The Hall–Kier alpha value is -2.90. The number of carbonyl (C=O) groups excluding carboxylic acids is 1. The average Bonchev–Trinajstić information content (AvgIpc) is 2.97. The Labute approximate surface area is 124 Å². The van der Waals surface area contributed by atoms with Crippen molar-refractivity contribution >= 4 is 18.2 Å². The first-order valence-corrected chi connectivity index (χ1v) is 6.71. The van der Waals surface area contributed by atoms with Crippen molar-refractivity contribution in [2.24, 2.45) is 0 Å². The standard InChI is InChI=1S/C14H13FN6O/c15-9-5-18-14(19-6-9)20-13(22)10-4-8-2-1-3-11(8)21(7-16)12(10)17/h4-7,16-17H,1-3H2,(H,18,19,20,22). The van der Waals surface area contributed by atoms with Crippen LogP contribution in [0.3, 0.4) is 0 Å². The molecule has 22 heavy (non-hydrogen) atoms. The molecule has 1 amide bonds. The molecule has 0 spiro atoms. The molecule has 112 valence electrons. The summed E-state index contributed by atoms with van der Waals surface area (Å²) in [5, 5.41) is 18.0. The van der Waals surface area contributed by atoms with Crippen molar-refractivity contribution in [2.75, 3.05) is 5.32 Å². The fraction of sp³-hybridized carbons (Fsp3) is 0.214. The largest absolute Gasteiger partial charge is 0.291 e. The highest BCUT2D eigenvalue weighted by Gasteiger charge is 2.20. The van der Waals surface area contributed by atoms with E-state index >= 15 is 0 Å². The van der Waals surface area contributed by atoms with Gasteiger partial charge in [-0.3, -0.25) is 25.5 Å². The number of nitrogens with zero attached hydrogens (tertiary/aromatic N) is 3. The zero-order valence-corrected chi connectivity index (χ0v) is 11.6. The third kappa shape index (κ3) is 2.39. The maximum Gasteiger partial charge on any atom is 0.261 e. The van der Waals surface area contributed by atoms with Crippen LogP contribution in [0.5, 0.6) is 0 Å². The molecule has 2 heterocycles. The number of hydrogen-bond acceptors (Lipinski definition) is 5. The Morgan fingerprint density at radius 1 is 1.36 bits per heavy atom. The van der Waals surface area contributed by atoms with Crippen LogP contribution < -0.4 is 10.8 Å². The summed E-state index contributed by atoms with van der Waals surface area (Å²) in [5.74, 6) is -1.19. The molecular formula is C14H13FN6O. The van der Waals surface area contributed by atoms with Gasteiger partial charge in [0.15, 0.2) is 5.82 Å². The lowest BCUT2D eigenvalue weighted by Gasteiger charge is -2.11. The van der Waals surface area contributed by atoms with Crippen molar-refractivity contribution in [2.45, 2.75) is 19.3 Å². The van der Waals surface area contributed by atoms with E-state index in [1.165, 1.54) is 4.57 Å². The molecular weight excluding hydrogens is 287 g/mol. The van der Waals surface area contributed by atoms with Crippen molar-refractivity contribution in [1.82, 2.24) is 14.5 Å². The van der Waals surface area contributed by atoms with Gasteiger partial charge >= 0.3 is 0 Å². The van der Waals surface area contributed by atoms with Gasteiger partial charge in [-0.1, -0.05) is 0 Å². The quantitative estimate of drug-likeness (QED) is 0.583. The SMILES string of the molecule is N=Cn1c2c(cc(C(=O)Nc3ncc(F)cn3)c1=N)CCC2. The van der Waals surface area contributed by atoms with Crippen LogP contribution in [0.1, 0.15) is 28.0 Å². The van der Waals surface area contributed by atoms with Gasteiger partial charge in [-0.2, -0.15) is 0 Å². The van der Waals surface area contributed by atoms with Crippen LogP contribution in [0.25, 0.3) is 0 Å². The van der Waals surface area contributed by atoms with Gasteiger partial charge < -0.3 is 0 Å². The first-order chi connectivity index (χ1) is 10.6. The topological polar surface area (TPSA) is 108 Å². The highest BCUT2D eigenvalue weighted by Crippen LogP contribution is 2.20. The second kappa shape index (κ2) is 5.47. The number of halogens is 1. The highest BCUT2D eigenvalue weighted by molar-refractivity contribution is 6.03. The summed E-state index contributed by atoms with van der Waals surface area (Å²) < 4.78 is 14.2. The summed E-state index contributed by atoms with van der Waals surface area (Å²) in [7, 11) is 0. The van der Waals surface area contributed by atoms with E-state index in [0.29, 0.717) is 0 Å². The van der Waals surface area contributed by atoms with Crippen molar-refractivity contribution in [1.29, 1.82) is 10.8 Å². The third-order valence-corrected chi connectivity index (χ3v) is 3.56. The number of aromatic nitrogens is 3. The molecule has 3 rings (SSSR count). The molecule has 0 unspecified atom stereocenters. The number of hydrogen-bond donors (Lipinski definition) is 3. The van der Waals surface area contributed by atoms with Crippen LogP contribution in [0.15, 0.2) is 18.5 Å². The molecule has 0 fully saturated rings.